The van der Waals surface area contributed by atoms with E-state index < -0.39 is 0 Å². The average molecular weight is 355 g/mol. The molecule has 0 fully saturated rings. The number of carbonyl (C=O) groups is 1. The smallest absolute Gasteiger partial charge is 0.210 e. The van der Waals surface area contributed by atoms with E-state index in [9.17, 15) is 4.79 Å². The number of tetrazole rings is 1. The van der Waals surface area contributed by atoms with Crippen LogP contribution in [-0.2, 0) is 0 Å². The topological polar surface area (TPSA) is 60.7 Å². The monoisotopic (exact) mass is 354 g/mol. The SMILES string of the molecule is CC(Sc1nnnn1C(C)C)C(=O)c1ccc(Br)cc1. The molecule has 106 valence electrons. The summed E-state index contributed by atoms with van der Waals surface area (Å²) in [4.78, 5) is 12.3. The maximum Gasteiger partial charge on any atom is 0.210 e. The van der Waals surface area contributed by atoms with E-state index in [2.05, 4.69) is 31.5 Å². The van der Waals surface area contributed by atoms with Crippen LogP contribution in [0.2, 0.25) is 0 Å². The zero-order chi connectivity index (χ0) is 14.7. The van der Waals surface area contributed by atoms with Crippen LogP contribution >= 0.6 is 27.7 Å². The Kier molecular flexibility index (Phi) is 4.93. The van der Waals surface area contributed by atoms with Crippen molar-refractivity contribution in [2.75, 3.05) is 0 Å². The minimum Gasteiger partial charge on any atom is -0.293 e. The molecule has 0 aliphatic heterocycles. The lowest BCUT2D eigenvalue weighted by molar-refractivity contribution is 0.0994. The molecule has 0 saturated heterocycles. The van der Waals surface area contributed by atoms with Gasteiger partial charge in [-0.05, 0) is 43.3 Å². The first-order valence-corrected chi connectivity index (χ1v) is 7.90. The molecule has 0 aliphatic carbocycles. The fourth-order valence-electron chi connectivity index (χ4n) is 1.65. The van der Waals surface area contributed by atoms with E-state index in [0.29, 0.717) is 10.7 Å². The molecule has 1 atom stereocenters. The summed E-state index contributed by atoms with van der Waals surface area (Å²) in [6, 6.07) is 7.53. The van der Waals surface area contributed by atoms with E-state index in [1.807, 2.05) is 45.0 Å². The number of rotatable bonds is 5. The Morgan fingerprint density at radius 1 is 1.25 bits per heavy atom. The zero-order valence-electron chi connectivity index (χ0n) is 11.4. The summed E-state index contributed by atoms with van der Waals surface area (Å²) in [5.74, 6) is 0.0702. The van der Waals surface area contributed by atoms with E-state index in [1.54, 1.807) is 4.68 Å². The van der Waals surface area contributed by atoms with Crippen LogP contribution in [0.4, 0.5) is 0 Å². The highest BCUT2D eigenvalue weighted by Gasteiger charge is 2.20. The third-order valence-electron chi connectivity index (χ3n) is 2.73. The highest BCUT2D eigenvalue weighted by Crippen LogP contribution is 2.25. The molecule has 20 heavy (non-hydrogen) atoms. The standard InChI is InChI=1S/C13H15BrN4OS/c1-8(2)18-13(15-16-17-18)20-9(3)12(19)10-4-6-11(14)7-5-10/h4-9H,1-3H3. The van der Waals surface area contributed by atoms with Crippen LogP contribution in [0.5, 0.6) is 0 Å². The Labute approximate surface area is 130 Å². The molecule has 0 amide bonds. The van der Waals surface area contributed by atoms with Crippen molar-refractivity contribution < 1.29 is 4.79 Å². The molecule has 1 heterocycles. The number of ketones is 1. The van der Waals surface area contributed by atoms with Crippen LogP contribution in [0.3, 0.4) is 0 Å². The number of nitrogens with zero attached hydrogens (tertiary/aromatic N) is 4. The second-order valence-electron chi connectivity index (χ2n) is 4.63. The van der Waals surface area contributed by atoms with Gasteiger partial charge in [-0.3, -0.25) is 4.79 Å². The van der Waals surface area contributed by atoms with E-state index in [0.717, 1.165) is 4.47 Å². The number of thioether (sulfide) groups is 1. The second-order valence-corrected chi connectivity index (χ2v) is 6.85. The van der Waals surface area contributed by atoms with Crippen LogP contribution in [0.1, 0.15) is 37.2 Å². The predicted octanol–water partition coefficient (Wildman–Crippen LogP) is 3.38. The molecule has 7 heteroatoms. The summed E-state index contributed by atoms with van der Waals surface area (Å²) in [7, 11) is 0. The molecule has 0 N–H and O–H groups in total. The van der Waals surface area contributed by atoms with E-state index in [4.69, 9.17) is 0 Å². The maximum absolute atomic E-state index is 12.3. The lowest BCUT2D eigenvalue weighted by Gasteiger charge is -2.11. The first-order chi connectivity index (χ1) is 9.49. The van der Waals surface area contributed by atoms with Gasteiger partial charge in [-0.25, -0.2) is 4.68 Å². The molecule has 0 saturated carbocycles. The molecule has 0 aliphatic rings. The first kappa shape index (κ1) is 15.2. The Balaban J connectivity index is 2.11. The van der Waals surface area contributed by atoms with Gasteiger partial charge < -0.3 is 0 Å². The third-order valence-corrected chi connectivity index (χ3v) is 4.31. The van der Waals surface area contributed by atoms with Gasteiger partial charge in [-0.2, -0.15) is 0 Å². The van der Waals surface area contributed by atoms with Crippen LogP contribution in [0, 0.1) is 0 Å². The molecular formula is C13H15BrN4OS. The summed E-state index contributed by atoms with van der Waals surface area (Å²) in [6.07, 6.45) is 0. The highest BCUT2D eigenvalue weighted by molar-refractivity contribution is 9.10. The zero-order valence-corrected chi connectivity index (χ0v) is 13.8. The van der Waals surface area contributed by atoms with Gasteiger partial charge in [0.05, 0.1) is 11.3 Å². The lowest BCUT2D eigenvalue weighted by Crippen LogP contribution is -2.15. The Morgan fingerprint density at radius 3 is 2.50 bits per heavy atom. The highest BCUT2D eigenvalue weighted by atomic mass is 79.9. The molecule has 1 unspecified atom stereocenters. The largest absolute Gasteiger partial charge is 0.293 e. The molecule has 0 spiro atoms. The summed E-state index contributed by atoms with van der Waals surface area (Å²) >= 11 is 4.74. The minimum atomic E-state index is -0.236. The van der Waals surface area contributed by atoms with E-state index in [1.165, 1.54) is 11.8 Å². The normalized spacial score (nSPS) is 12.7. The maximum atomic E-state index is 12.3. The number of aromatic nitrogens is 4. The van der Waals surface area contributed by atoms with Gasteiger partial charge in [0.2, 0.25) is 5.16 Å². The molecule has 2 aromatic rings. The van der Waals surface area contributed by atoms with Crippen LogP contribution in [0.15, 0.2) is 33.9 Å². The van der Waals surface area contributed by atoms with Crippen molar-refractivity contribution in [2.24, 2.45) is 0 Å². The van der Waals surface area contributed by atoms with E-state index >= 15 is 0 Å². The van der Waals surface area contributed by atoms with Crippen molar-refractivity contribution in [1.82, 2.24) is 20.2 Å². The van der Waals surface area contributed by atoms with Crippen molar-refractivity contribution in [3.63, 3.8) is 0 Å². The van der Waals surface area contributed by atoms with Crippen molar-refractivity contribution in [2.45, 2.75) is 37.2 Å². The van der Waals surface area contributed by atoms with Crippen LogP contribution < -0.4 is 0 Å². The van der Waals surface area contributed by atoms with Gasteiger partial charge in [-0.15, -0.1) is 5.10 Å². The molecule has 5 nitrogen and oxygen atoms in total. The number of hydrogen-bond acceptors (Lipinski definition) is 5. The van der Waals surface area contributed by atoms with Gasteiger partial charge >= 0.3 is 0 Å². The van der Waals surface area contributed by atoms with Crippen molar-refractivity contribution in [3.05, 3.63) is 34.3 Å². The molecule has 0 radical (unpaired) electrons. The molecule has 2 rings (SSSR count). The van der Waals surface area contributed by atoms with Gasteiger partial charge in [0.15, 0.2) is 5.78 Å². The number of Topliss-reactive ketones (excluding diaryl/α,β-unsaturated/α-hetero) is 1. The molecule has 1 aromatic carbocycles. The first-order valence-electron chi connectivity index (χ1n) is 6.23. The minimum absolute atomic E-state index is 0.0702. The fraction of sp³-hybridized carbons (Fsp3) is 0.385. The predicted molar refractivity (Wildman–Crippen MR) is 82.0 cm³/mol. The quantitative estimate of drug-likeness (QED) is 0.608. The Hall–Kier alpha value is -1.21. The van der Waals surface area contributed by atoms with Crippen molar-refractivity contribution in [3.8, 4) is 0 Å². The fourth-order valence-corrected chi connectivity index (χ4v) is 2.91. The number of carbonyl (C=O) groups excluding carboxylic acids is 1. The number of hydrogen-bond donors (Lipinski definition) is 0. The average Bonchev–Trinajstić information content (AvgIpc) is 2.87. The molecule has 1 aromatic heterocycles. The number of halogens is 1. The van der Waals surface area contributed by atoms with Crippen molar-refractivity contribution >= 4 is 33.5 Å². The molecule has 0 bridgehead atoms. The summed E-state index contributed by atoms with van der Waals surface area (Å²) in [5, 5.41) is 12.0. The number of benzene rings is 1. The third kappa shape index (κ3) is 3.46. The summed E-state index contributed by atoms with van der Waals surface area (Å²) in [5.41, 5.74) is 0.691. The van der Waals surface area contributed by atoms with Crippen molar-refractivity contribution in [1.29, 1.82) is 0 Å². The lowest BCUT2D eigenvalue weighted by atomic mass is 10.1. The van der Waals surface area contributed by atoms with Gasteiger partial charge in [-0.1, -0.05) is 39.8 Å². The van der Waals surface area contributed by atoms with Gasteiger partial charge in [0.25, 0.3) is 0 Å². The summed E-state index contributed by atoms with van der Waals surface area (Å²) in [6.45, 7) is 5.87. The Bertz CT molecular complexity index is 597. The summed E-state index contributed by atoms with van der Waals surface area (Å²) < 4.78 is 2.67. The Morgan fingerprint density at radius 2 is 1.90 bits per heavy atom. The molecular weight excluding hydrogens is 340 g/mol. The van der Waals surface area contributed by atoms with E-state index in [-0.39, 0.29) is 17.1 Å². The van der Waals surface area contributed by atoms with Gasteiger partial charge in [0.1, 0.15) is 0 Å². The van der Waals surface area contributed by atoms with Crippen LogP contribution in [-0.4, -0.2) is 31.2 Å². The van der Waals surface area contributed by atoms with Gasteiger partial charge in [0, 0.05) is 10.0 Å². The second kappa shape index (κ2) is 6.49. The van der Waals surface area contributed by atoms with Crippen LogP contribution in [0.25, 0.3) is 0 Å².